The molecule has 144 valence electrons. The Hall–Kier alpha value is -1.99. The number of carbonyl (C=O) groups excluding carboxylic acids is 1. The molecular weight excluding hydrogens is 347 g/mol. The molecule has 8 heteroatoms. The van der Waals surface area contributed by atoms with Crippen LogP contribution in [-0.2, 0) is 10.9 Å². The molecule has 2 aliphatic rings. The summed E-state index contributed by atoms with van der Waals surface area (Å²) in [6, 6.07) is 1.02. The molecule has 2 fully saturated rings. The third kappa shape index (κ3) is 4.04. The predicted octanol–water partition coefficient (Wildman–Crippen LogP) is 3.79. The van der Waals surface area contributed by atoms with E-state index in [9.17, 15) is 18.0 Å². The summed E-state index contributed by atoms with van der Waals surface area (Å²) in [5.74, 6) is 0.410. The molecule has 3 rings (SSSR count). The van der Waals surface area contributed by atoms with E-state index < -0.39 is 17.3 Å². The van der Waals surface area contributed by atoms with E-state index in [4.69, 9.17) is 4.74 Å². The number of aromatic nitrogens is 1. The first kappa shape index (κ1) is 18.8. The van der Waals surface area contributed by atoms with Crippen molar-refractivity contribution in [3.05, 3.63) is 24.0 Å². The molecule has 5 nitrogen and oxygen atoms in total. The van der Waals surface area contributed by atoms with Crippen LogP contribution >= 0.6 is 0 Å². The fraction of sp³-hybridized carbons (Fsp3) is 0.667. The number of likely N-dealkylation sites (tertiary alicyclic amines) is 1. The van der Waals surface area contributed by atoms with Crippen LogP contribution in [0.5, 0.6) is 0 Å². The second-order valence-corrected chi connectivity index (χ2v) is 8.03. The van der Waals surface area contributed by atoms with Crippen LogP contribution in [0.1, 0.15) is 32.8 Å². The van der Waals surface area contributed by atoms with Crippen LogP contribution in [-0.4, -0.2) is 47.8 Å². The highest BCUT2D eigenvalue weighted by Crippen LogP contribution is 2.40. The van der Waals surface area contributed by atoms with Gasteiger partial charge in [0.2, 0.25) is 0 Å². The number of amides is 1. The summed E-state index contributed by atoms with van der Waals surface area (Å²) in [4.78, 5) is 19.6. The van der Waals surface area contributed by atoms with Crippen molar-refractivity contribution in [3.63, 3.8) is 0 Å². The molecule has 0 spiro atoms. The molecule has 0 aliphatic carbocycles. The van der Waals surface area contributed by atoms with Gasteiger partial charge in [-0.05, 0) is 45.1 Å². The highest BCUT2D eigenvalue weighted by atomic mass is 19.4. The van der Waals surface area contributed by atoms with E-state index in [1.165, 1.54) is 12.4 Å². The Labute approximate surface area is 151 Å². The summed E-state index contributed by atoms with van der Waals surface area (Å²) >= 11 is 0. The standard InChI is InChI=1S/C18H24F3N3O2/c1-17(2,3)26-16(25)23-7-5-12-9-24(11-13(12)10-23)15-8-22-6-4-14(15)18(19,20)21/h4,6,8,12-13H,5,7,9-11H2,1-3H3/t12-,13+/m1/s1. The van der Waals surface area contributed by atoms with Gasteiger partial charge in [0, 0.05) is 32.4 Å². The molecule has 0 radical (unpaired) electrons. The van der Waals surface area contributed by atoms with Crippen molar-refractivity contribution in [1.82, 2.24) is 9.88 Å². The van der Waals surface area contributed by atoms with Gasteiger partial charge in [-0.25, -0.2) is 4.79 Å². The second kappa shape index (κ2) is 6.63. The van der Waals surface area contributed by atoms with Crippen molar-refractivity contribution < 1.29 is 22.7 Å². The SMILES string of the molecule is CC(C)(C)OC(=O)N1CC[C@@H]2CN(c3cnccc3C(F)(F)F)C[C@@H]2C1. The minimum absolute atomic E-state index is 0.123. The van der Waals surface area contributed by atoms with Gasteiger partial charge in [0.05, 0.1) is 17.4 Å². The lowest BCUT2D eigenvalue weighted by atomic mass is 9.89. The lowest BCUT2D eigenvalue weighted by Gasteiger charge is -2.35. The van der Waals surface area contributed by atoms with Crippen LogP contribution in [0.15, 0.2) is 18.5 Å². The van der Waals surface area contributed by atoms with Gasteiger partial charge in [0.1, 0.15) is 5.60 Å². The Bertz CT molecular complexity index is 672. The van der Waals surface area contributed by atoms with Crippen LogP contribution < -0.4 is 4.90 Å². The molecular formula is C18H24F3N3O2. The van der Waals surface area contributed by atoms with Gasteiger partial charge in [-0.15, -0.1) is 0 Å². The van der Waals surface area contributed by atoms with Gasteiger partial charge in [0.15, 0.2) is 0 Å². The number of pyridine rings is 1. The van der Waals surface area contributed by atoms with Crippen LogP contribution in [0.4, 0.5) is 23.7 Å². The number of anilines is 1. The third-order valence-corrected chi connectivity index (χ3v) is 4.90. The van der Waals surface area contributed by atoms with Crippen LogP contribution in [0.3, 0.4) is 0 Å². The molecule has 0 unspecified atom stereocenters. The summed E-state index contributed by atoms with van der Waals surface area (Å²) in [6.07, 6.45) is -1.55. The van der Waals surface area contributed by atoms with Gasteiger partial charge in [0.25, 0.3) is 0 Å². The van der Waals surface area contributed by atoms with E-state index in [0.29, 0.717) is 26.2 Å². The van der Waals surface area contributed by atoms with Gasteiger partial charge in [-0.2, -0.15) is 13.2 Å². The largest absolute Gasteiger partial charge is 0.444 e. The smallest absolute Gasteiger partial charge is 0.418 e. The Kier molecular flexibility index (Phi) is 4.79. The van der Waals surface area contributed by atoms with E-state index in [1.54, 1.807) is 9.80 Å². The molecule has 26 heavy (non-hydrogen) atoms. The third-order valence-electron chi connectivity index (χ3n) is 4.90. The molecule has 3 heterocycles. The monoisotopic (exact) mass is 371 g/mol. The lowest BCUT2D eigenvalue weighted by molar-refractivity contribution is -0.137. The van der Waals surface area contributed by atoms with Crippen LogP contribution in [0.25, 0.3) is 0 Å². The number of alkyl halides is 3. The number of piperidine rings is 1. The molecule has 1 amide bonds. The van der Waals surface area contributed by atoms with E-state index in [-0.39, 0.29) is 23.6 Å². The summed E-state index contributed by atoms with van der Waals surface area (Å²) in [7, 11) is 0. The number of fused-ring (bicyclic) bond motifs is 1. The zero-order chi connectivity index (χ0) is 19.1. The first-order valence-corrected chi connectivity index (χ1v) is 8.78. The topological polar surface area (TPSA) is 45.7 Å². The van der Waals surface area contributed by atoms with Crippen molar-refractivity contribution in [3.8, 4) is 0 Å². The van der Waals surface area contributed by atoms with Crippen LogP contribution in [0, 0.1) is 11.8 Å². The zero-order valence-corrected chi connectivity index (χ0v) is 15.2. The number of carbonyl (C=O) groups is 1. The number of ether oxygens (including phenoxy) is 1. The molecule has 0 bridgehead atoms. The Balaban J connectivity index is 1.71. The average Bonchev–Trinajstić information content (AvgIpc) is 2.95. The minimum Gasteiger partial charge on any atom is -0.444 e. The molecule has 0 N–H and O–H groups in total. The number of hydrogen-bond donors (Lipinski definition) is 0. The maximum Gasteiger partial charge on any atom is 0.418 e. The Morgan fingerprint density at radius 3 is 2.54 bits per heavy atom. The van der Waals surface area contributed by atoms with E-state index in [2.05, 4.69) is 4.98 Å². The normalized spacial score (nSPS) is 23.8. The lowest BCUT2D eigenvalue weighted by Crippen LogP contribution is -2.45. The van der Waals surface area contributed by atoms with Gasteiger partial charge in [-0.1, -0.05) is 0 Å². The number of halogens is 3. The quantitative estimate of drug-likeness (QED) is 0.753. The first-order chi connectivity index (χ1) is 12.0. The average molecular weight is 371 g/mol. The summed E-state index contributed by atoms with van der Waals surface area (Å²) in [6.45, 7) is 7.57. The predicted molar refractivity (Wildman–Crippen MR) is 90.9 cm³/mol. The molecule has 1 aromatic heterocycles. The number of hydrogen-bond acceptors (Lipinski definition) is 4. The van der Waals surface area contributed by atoms with Crippen molar-refractivity contribution in [2.75, 3.05) is 31.1 Å². The van der Waals surface area contributed by atoms with Gasteiger partial charge < -0.3 is 14.5 Å². The van der Waals surface area contributed by atoms with Crippen molar-refractivity contribution in [1.29, 1.82) is 0 Å². The molecule has 2 atom stereocenters. The first-order valence-electron chi connectivity index (χ1n) is 8.78. The molecule has 2 aliphatic heterocycles. The zero-order valence-electron chi connectivity index (χ0n) is 15.2. The second-order valence-electron chi connectivity index (χ2n) is 8.03. The maximum absolute atomic E-state index is 13.3. The summed E-state index contributed by atoms with van der Waals surface area (Å²) in [5, 5.41) is 0. The fourth-order valence-electron chi connectivity index (χ4n) is 3.74. The highest BCUT2D eigenvalue weighted by Gasteiger charge is 2.42. The number of rotatable bonds is 1. The Morgan fingerprint density at radius 1 is 1.19 bits per heavy atom. The molecule has 2 saturated heterocycles. The summed E-state index contributed by atoms with van der Waals surface area (Å²) < 4.78 is 45.2. The molecule has 1 aromatic rings. The van der Waals surface area contributed by atoms with Crippen LogP contribution in [0.2, 0.25) is 0 Å². The summed E-state index contributed by atoms with van der Waals surface area (Å²) in [5.41, 5.74) is -1.10. The van der Waals surface area contributed by atoms with E-state index in [0.717, 1.165) is 12.5 Å². The molecule has 0 saturated carbocycles. The Morgan fingerprint density at radius 2 is 1.88 bits per heavy atom. The van der Waals surface area contributed by atoms with Crippen molar-refractivity contribution >= 4 is 11.8 Å². The molecule has 0 aromatic carbocycles. The van der Waals surface area contributed by atoms with E-state index in [1.807, 2.05) is 20.8 Å². The van der Waals surface area contributed by atoms with Crippen molar-refractivity contribution in [2.24, 2.45) is 11.8 Å². The minimum atomic E-state index is -4.41. The van der Waals surface area contributed by atoms with E-state index >= 15 is 0 Å². The highest BCUT2D eigenvalue weighted by molar-refractivity contribution is 5.68. The maximum atomic E-state index is 13.3. The van der Waals surface area contributed by atoms with Gasteiger partial charge in [-0.3, -0.25) is 4.98 Å². The van der Waals surface area contributed by atoms with Crippen molar-refractivity contribution in [2.45, 2.75) is 39.0 Å². The van der Waals surface area contributed by atoms with Gasteiger partial charge >= 0.3 is 12.3 Å². The fourth-order valence-corrected chi connectivity index (χ4v) is 3.74. The number of nitrogens with zero attached hydrogens (tertiary/aromatic N) is 3.